The molecule has 2 heterocycles. The Morgan fingerprint density at radius 2 is 1.95 bits per heavy atom. The van der Waals surface area contributed by atoms with Crippen molar-refractivity contribution in [3.05, 3.63) is 24.3 Å². The van der Waals surface area contributed by atoms with Crippen LogP contribution in [0.3, 0.4) is 0 Å². The van der Waals surface area contributed by atoms with Gasteiger partial charge in [0.2, 0.25) is 0 Å². The van der Waals surface area contributed by atoms with Gasteiger partial charge in [0.15, 0.2) is 9.84 Å². The van der Waals surface area contributed by atoms with Crippen LogP contribution in [0.2, 0.25) is 0 Å². The van der Waals surface area contributed by atoms with Gasteiger partial charge in [-0.15, -0.1) is 0 Å². The molecule has 0 radical (unpaired) electrons. The van der Waals surface area contributed by atoms with Crippen LogP contribution in [0.15, 0.2) is 24.3 Å². The Labute approximate surface area is 111 Å². The molecule has 2 amide bonds. The summed E-state index contributed by atoms with van der Waals surface area (Å²) in [6, 6.07) is 6.15. The molecule has 0 saturated carbocycles. The van der Waals surface area contributed by atoms with Gasteiger partial charge in [0.1, 0.15) is 5.75 Å². The fourth-order valence-electron chi connectivity index (χ4n) is 2.65. The van der Waals surface area contributed by atoms with Crippen molar-refractivity contribution < 1.29 is 17.9 Å². The Morgan fingerprint density at radius 1 is 1.26 bits per heavy atom. The van der Waals surface area contributed by atoms with E-state index in [4.69, 9.17) is 4.74 Å². The Hall–Kier alpha value is -1.76. The molecule has 1 N–H and O–H groups in total. The number of hydrogen-bond donors (Lipinski definition) is 1. The number of sulfone groups is 1. The molecule has 6 nitrogen and oxygen atoms in total. The van der Waals surface area contributed by atoms with Gasteiger partial charge in [-0.05, 0) is 24.3 Å². The molecule has 0 bridgehead atoms. The Kier molecular flexibility index (Phi) is 2.67. The number of carbonyl (C=O) groups excluding carboxylic acids is 1. The third-order valence-electron chi connectivity index (χ3n) is 3.53. The fraction of sp³-hybridized carbons (Fsp3) is 0.417. The number of hydrogen-bond acceptors (Lipinski definition) is 4. The Balaban J connectivity index is 1.92. The summed E-state index contributed by atoms with van der Waals surface area (Å²) in [4.78, 5) is 13.5. The predicted octanol–water partition coefficient (Wildman–Crippen LogP) is 0.390. The maximum atomic E-state index is 11.9. The van der Waals surface area contributed by atoms with Crippen LogP contribution in [-0.2, 0) is 9.84 Å². The van der Waals surface area contributed by atoms with Crippen molar-refractivity contribution >= 4 is 21.6 Å². The van der Waals surface area contributed by atoms with E-state index in [1.807, 2.05) is 0 Å². The van der Waals surface area contributed by atoms with E-state index in [1.54, 1.807) is 31.4 Å². The molecule has 7 heteroatoms. The van der Waals surface area contributed by atoms with E-state index in [0.717, 1.165) is 0 Å². The first-order valence-electron chi connectivity index (χ1n) is 5.94. The normalized spacial score (nSPS) is 28.1. The molecule has 2 aliphatic heterocycles. The van der Waals surface area contributed by atoms with Gasteiger partial charge in [-0.3, -0.25) is 4.90 Å². The fourth-order valence-corrected chi connectivity index (χ4v) is 4.54. The molecule has 2 unspecified atom stereocenters. The van der Waals surface area contributed by atoms with Crippen LogP contribution in [-0.4, -0.2) is 45.1 Å². The topological polar surface area (TPSA) is 75.7 Å². The second-order valence-corrected chi connectivity index (χ2v) is 6.92. The number of fused-ring (bicyclic) bond motifs is 1. The zero-order valence-corrected chi connectivity index (χ0v) is 11.2. The summed E-state index contributed by atoms with van der Waals surface area (Å²) in [6.07, 6.45) is 0. The van der Waals surface area contributed by atoms with Gasteiger partial charge in [0, 0.05) is 5.69 Å². The molecule has 2 saturated heterocycles. The van der Waals surface area contributed by atoms with Gasteiger partial charge in [-0.1, -0.05) is 0 Å². The standard InChI is InChI=1S/C12H14N2O4S/c1-18-9-4-2-8(3-5-9)14-11-7-19(16,17)6-10(11)13-12(14)15/h2-5,10-11H,6-7H2,1H3,(H,13,15). The highest BCUT2D eigenvalue weighted by Gasteiger charge is 2.49. The third-order valence-corrected chi connectivity index (χ3v) is 5.25. The smallest absolute Gasteiger partial charge is 0.322 e. The molecular formula is C12H14N2O4S. The lowest BCUT2D eigenvalue weighted by Gasteiger charge is -2.21. The van der Waals surface area contributed by atoms with Crippen molar-refractivity contribution in [2.45, 2.75) is 12.1 Å². The van der Waals surface area contributed by atoms with Crippen LogP contribution >= 0.6 is 0 Å². The van der Waals surface area contributed by atoms with E-state index < -0.39 is 9.84 Å². The molecule has 0 spiro atoms. The van der Waals surface area contributed by atoms with Gasteiger partial charge in [-0.2, -0.15) is 0 Å². The predicted molar refractivity (Wildman–Crippen MR) is 70.2 cm³/mol. The Bertz CT molecular complexity index is 611. The van der Waals surface area contributed by atoms with E-state index in [0.29, 0.717) is 11.4 Å². The van der Waals surface area contributed by atoms with Gasteiger partial charge in [0.25, 0.3) is 0 Å². The minimum atomic E-state index is -3.06. The SMILES string of the molecule is COc1ccc(N2C(=O)NC3CS(=O)(=O)CC32)cc1. The van der Waals surface area contributed by atoms with Crippen LogP contribution in [0.4, 0.5) is 10.5 Å². The van der Waals surface area contributed by atoms with Gasteiger partial charge >= 0.3 is 6.03 Å². The molecule has 0 aromatic heterocycles. The second-order valence-electron chi connectivity index (χ2n) is 4.77. The largest absolute Gasteiger partial charge is 0.497 e. The highest BCUT2D eigenvalue weighted by atomic mass is 32.2. The number of amides is 2. The van der Waals surface area contributed by atoms with Crippen molar-refractivity contribution in [2.75, 3.05) is 23.5 Å². The summed E-state index contributed by atoms with van der Waals surface area (Å²) in [5.41, 5.74) is 0.683. The first-order valence-corrected chi connectivity index (χ1v) is 7.76. The highest BCUT2D eigenvalue weighted by Crippen LogP contribution is 2.30. The third kappa shape index (κ3) is 2.03. The maximum Gasteiger partial charge on any atom is 0.322 e. The van der Waals surface area contributed by atoms with E-state index in [-0.39, 0.29) is 29.6 Å². The number of nitrogens with one attached hydrogen (secondary N) is 1. The molecule has 2 fully saturated rings. The summed E-state index contributed by atoms with van der Waals surface area (Å²) >= 11 is 0. The molecular weight excluding hydrogens is 268 g/mol. The molecule has 0 aliphatic carbocycles. The quantitative estimate of drug-likeness (QED) is 0.796. The van der Waals surface area contributed by atoms with E-state index in [2.05, 4.69) is 5.32 Å². The molecule has 2 atom stereocenters. The summed E-state index contributed by atoms with van der Waals surface area (Å²) in [7, 11) is -1.50. The Morgan fingerprint density at radius 3 is 2.58 bits per heavy atom. The zero-order valence-electron chi connectivity index (χ0n) is 10.4. The number of carbonyl (C=O) groups is 1. The lowest BCUT2D eigenvalue weighted by atomic mass is 10.1. The zero-order chi connectivity index (χ0) is 13.6. The monoisotopic (exact) mass is 282 g/mol. The second kappa shape index (κ2) is 4.12. The van der Waals surface area contributed by atoms with Crippen molar-refractivity contribution in [1.82, 2.24) is 5.32 Å². The van der Waals surface area contributed by atoms with Gasteiger partial charge in [0.05, 0.1) is 30.7 Å². The number of nitrogens with zero attached hydrogens (tertiary/aromatic N) is 1. The minimum Gasteiger partial charge on any atom is -0.497 e. The maximum absolute atomic E-state index is 11.9. The van der Waals surface area contributed by atoms with Crippen LogP contribution in [0.1, 0.15) is 0 Å². The molecule has 19 heavy (non-hydrogen) atoms. The summed E-state index contributed by atoms with van der Waals surface area (Å²) in [6.45, 7) is 0. The van der Waals surface area contributed by atoms with Crippen molar-refractivity contribution in [2.24, 2.45) is 0 Å². The van der Waals surface area contributed by atoms with Crippen LogP contribution in [0.25, 0.3) is 0 Å². The van der Waals surface area contributed by atoms with Gasteiger partial charge in [-0.25, -0.2) is 13.2 Å². The number of methoxy groups -OCH3 is 1. The first-order chi connectivity index (χ1) is 9.00. The van der Waals surface area contributed by atoms with Crippen molar-refractivity contribution in [3.8, 4) is 5.75 Å². The van der Waals surface area contributed by atoms with Crippen molar-refractivity contribution in [1.29, 1.82) is 0 Å². The average Bonchev–Trinajstić information content (AvgIpc) is 2.79. The van der Waals surface area contributed by atoms with E-state index >= 15 is 0 Å². The summed E-state index contributed by atoms with van der Waals surface area (Å²) < 4.78 is 28.3. The van der Waals surface area contributed by atoms with Crippen LogP contribution in [0, 0.1) is 0 Å². The lowest BCUT2D eigenvalue weighted by molar-refractivity contribution is 0.251. The molecule has 102 valence electrons. The first kappa shape index (κ1) is 12.3. The van der Waals surface area contributed by atoms with Gasteiger partial charge < -0.3 is 10.1 Å². The number of rotatable bonds is 2. The average molecular weight is 282 g/mol. The highest BCUT2D eigenvalue weighted by molar-refractivity contribution is 7.91. The number of anilines is 1. The number of benzene rings is 1. The minimum absolute atomic E-state index is 0.0163. The molecule has 1 aromatic carbocycles. The lowest BCUT2D eigenvalue weighted by Crippen LogP contribution is -2.36. The number of urea groups is 1. The number of ether oxygens (including phenoxy) is 1. The summed E-state index contributed by atoms with van der Waals surface area (Å²) in [5.74, 6) is 0.734. The molecule has 2 aliphatic rings. The van der Waals surface area contributed by atoms with Crippen LogP contribution in [0.5, 0.6) is 5.75 Å². The molecule has 1 aromatic rings. The van der Waals surface area contributed by atoms with E-state index in [9.17, 15) is 13.2 Å². The van der Waals surface area contributed by atoms with Crippen LogP contribution < -0.4 is 15.0 Å². The molecule has 3 rings (SSSR count). The van der Waals surface area contributed by atoms with E-state index in [1.165, 1.54) is 4.90 Å². The van der Waals surface area contributed by atoms with Crippen molar-refractivity contribution in [3.63, 3.8) is 0 Å². The summed E-state index contributed by atoms with van der Waals surface area (Å²) in [5, 5.41) is 2.73.